The quantitative estimate of drug-likeness (QED) is 0.468. The molecule has 0 bridgehead atoms. The summed E-state index contributed by atoms with van der Waals surface area (Å²) in [6.45, 7) is 8.79. The van der Waals surface area contributed by atoms with E-state index in [1.54, 1.807) is 14.2 Å². The number of carbonyl (C=O) groups excluding carboxylic acids is 1. The molecular formula is C29H39F2N3O3. The van der Waals surface area contributed by atoms with Gasteiger partial charge in [0.1, 0.15) is 0 Å². The highest BCUT2D eigenvalue weighted by molar-refractivity contribution is 5.89. The Morgan fingerprint density at radius 1 is 1.05 bits per heavy atom. The number of hydrogen-bond acceptors (Lipinski definition) is 4. The standard InChI is InChI=1S/C29H39F2N3O3/c1-28(2,3)12-14-34-15-13-29(19-6-9-24(36-4)25(16-19)37-5)11-10-21(18-26(29)34)33-27(35)32-20-7-8-22(30)23(31)17-20/h6-9,16-17,21,26H,10-15,18H2,1-5H3,(H2,32,33,35). The first-order valence-electron chi connectivity index (χ1n) is 13.0. The zero-order valence-electron chi connectivity index (χ0n) is 22.5. The summed E-state index contributed by atoms with van der Waals surface area (Å²) in [6.07, 6.45) is 4.69. The summed E-state index contributed by atoms with van der Waals surface area (Å²) in [5.74, 6) is -0.490. The highest BCUT2D eigenvalue weighted by Gasteiger charge is 2.51. The van der Waals surface area contributed by atoms with E-state index < -0.39 is 17.7 Å². The molecular weight excluding hydrogens is 476 g/mol. The number of rotatable bonds is 7. The van der Waals surface area contributed by atoms with Crippen LogP contribution in [0.1, 0.15) is 58.4 Å². The Labute approximate surface area is 218 Å². The van der Waals surface area contributed by atoms with Gasteiger partial charge in [-0.2, -0.15) is 0 Å². The van der Waals surface area contributed by atoms with Crippen LogP contribution in [-0.4, -0.2) is 50.3 Å². The van der Waals surface area contributed by atoms with Crippen molar-refractivity contribution in [2.75, 3.05) is 32.6 Å². The number of amides is 2. The van der Waals surface area contributed by atoms with Crippen LogP contribution in [-0.2, 0) is 5.41 Å². The topological polar surface area (TPSA) is 62.8 Å². The maximum Gasteiger partial charge on any atom is 0.319 e. The summed E-state index contributed by atoms with van der Waals surface area (Å²) in [6, 6.07) is 9.43. The fourth-order valence-electron chi connectivity index (χ4n) is 5.93. The third-order valence-corrected chi connectivity index (χ3v) is 7.99. The number of nitrogens with zero attached hydrogens (tertiary/aromatic N) is 1. The van der Waals surface area contributed by atoms with Crippen LogP contribution < -0.4 is 20.1 Å². The van der Waals surface area contributed by atoms with Gasteiger partial charge in [-0.15, -0.1) is 0 Å². The van der Waals surface area contributed by atoms with Crippen molar-refractivity contribution in [2.45, 2.75) is 70.4 Å². The van der Waals surface area contributed by atoms with Gasteiger partial charge in [-0.25, -0.2) is 13.6 Å². The van der Waals surface area contributed by atoms with Crippen LogP contribution in [0.5, 0.6) is 11.5 Å². The molecule has 0 spiro atoms. The number of likely N-dealkylation sites (tertiary alicyclic amines) is 1. The van der Waals surface area contributed by atoms with Gasteiger partial charge in [0.05, 0.1) is 14.2 Å². The van der Waals surface area contributed by atoms with Gasteiger partial charge in [-0.3, -0.25) is 4.90 Å². The van der Waals surface area contributed by atoms with Gasteiger partial charge in [-0.05, 0) is 80.4 Å². The van der Waals surface area contributed by atoms with Crippen LogP contribution in [0.3, 0.4) is 0 Å². The number of methoxy groups -OCH3 is 2. The Bertz CT molecular complexity index is 1120. The molecule has 2 fully saturated rings. The Hall–Kier alpha value is -2.87. The molecule has 8 heteroatoms. The maximum atomic E-state index is 13.6. The Kier molecular flexibility index (Phi) is 7.97. The second-order valence-electron chi connectivity index (χ2n) is 11.5. The largest absolute Gasteiger partial charge is 0.493 e. The van der Waals surface area contributed by atoms with Gasteiger partial charge >= 0.3 is 6.03 Å². The van der Waals surface area contributed by atoms with E-state index >= 15 is 0 Å². The molecule has 0 aromatic heterocycles. The van der Waals surface area contributed by atoms with Crippen molar-refractivity contribution in [1.29, 1.82) is 0 Å². The highest BCUT2D eigenvalue weighted by atomic mass is 19.2. The summed E-state index contributed by atoms with van der Waals surface area (Å²) >= 11 is 0. The first-order valence-corrected chi connectivity index (χ1v) is 13.0. The number of carbonyl (C=O) groups is 1. The van der Waals surface area contributed by atoms with Crippen LogP contribution in [0.4, 0.5) is 19.3 Å². The van der Waals surface area contributed by atoms with Crippen LogP contribution in [0.15, 0.2) is 36.4 Å². The Balaban J connectivity index is 1.54. The minimum atomic E-state index is -0.990. The Morgan fingerprint density at radius 3 is 2.49 bits per heavy atom. The number of benzene rings is 2. The molecule has 2 amide bonds. The first-order chi connectivity index (χ1) is 17.5. The molecule has 2 aliphatic rings. The second-order valence-corrected chi connectivity index (χ2v) is 11.5. The molecule has 1 aliphatic heterocycles. The fraction of sp³-hybridized carbons (Fsp3) is 0.552. The summed E-state index contributed by atoms with van der Waals surface area (Å²) in [4.78, 5) is 15.3. The predicted molar refractivity (Wildman–Crippen MR) is 141 cm³/mol. The molecule has 2 aromatic carbocycles. The van der Waals surface area contributed by atoms with E-state index in [2.05, 4.69) is 48.4 Å². The molecule has 6 nitrogen and oxygen atoms in total. The molecule has 2 N–H and O–H groups in total. The third kappa shape index (κ3) is 6.00. The van der Waals surface area contributed by atoms with E-state index in [1.165, 1.54) is 11.6 Å². The van der Waals surface area contributed by atoms with Crippen molar-refractivity contribution in [3.05, 3.63) is 53.6 Å². The number of ether oxygens (including phenoxy) is 2. The molecule has 37 heavy (non-hydrogen) atoms. The van der Waals surface area contributed by atoms with E-state index in [1.807, 2.05) is 6.07 Å². The molecule has 202 valence electrons. The van der Waals surface area contributed by atoms with E-state index in [9.17, 15) is 13.6 Å². The van der Waals surface area contributed by atoms with Crippen molar-refractivity contribution in [1.82, 2.24) is 10.2 Å². The molecule has 4 rings (SSSR count). The second kappa shape index (κ2) is 10.9. The zero-order valence-corrected chi connectivity index (χ0v) is 22.5. The predicted octanol–water partition coefficient (Wildman–Crippen LogP) is 6.10. The monoisotopic (exact) mass is 515 g/mol. The number of fused-ring (bicyclic) bond motifs is 1. The summed E-state index contributed by atoms with van der Waals surface area (Å²) in [5.41, 5.74) is 1.66. The van der Waals surface area contributed by atoms with Gasteiger partial charge in [0.25, 0.3) is 0 Å². The summed E-state index contributed by atoms with van der Waals surface area (Å²) in [7, 11) is 3.30. The van der Waals surface area contributed by atoms with Gasteiger partial charge < -0.3 is 20.1 Å². The van der Waals surface area contributed by atoms with Crippen molar-refractivity contribution >= 4 is 11.7 Å². The van der Waals surface area contributed by atoms with Gasteiger partial charge in [0.2, 0.25) is 0 Å². The van der Waals surface area contributed by atoms with Crippen molar-refractivity contribution in [3.8, 4) is 11.5 Å². The molecule has 1 saturated heterocycles. The summed E-state index contributed by atoms with van der Waals surface area (Å²) in [5, 5.41) is 5.72. The fourth-order valence-corrected chi connectivity index (χ4v) is 5.93. The van der Waals surface area contributed by atoms with E-state index in [-0.39, 0.29) is 28.6 Å². The molecule has 3 atom stereocenters. The van der Waals surface area contributed by atoms with Crippen molar-refractivity contribution < 1.29 is 23.0 Å². The average molecular weight is 516 g/mol. The lowest BCUT2D eigenvalue weighted by Crippen LogP contribution is -2.53. The molecule has 1 aliphatic carbocycles. The van der Waals surface area contributed by atoms with E-state index in [4.69, 9.17) is 9.47 Å². The lowest BCUT2D eigenvalue weighted by atomic mass is 9.65. The van der Waals surface area contributed by atoms with E-state index in [0.717, 1.165) is 63.1 Å². The number of hydrogen-bond donors (Lipinski definition) is 2. The van der Waals surface area contributed by atoms with Gasteiger partial charge in [-0.1, -0.05) is 26.8 Å². The molecule has 0 radical (unpaired) electrons. The number of halogens is 2. The number of anilines is 1. The van der Waals surface area contributed by atoms with Gasteiger partial charge in [0.15, 0.2) is 23.1 Å². The van der Waals surface area contributed by atoms with Crippen molar-refractivity contribution in [3.63, 3.8) is 0 Å². The zero-order chi connectivity index (χ0) is 26.8. The minimum absolute atomic E-state index is 0.0289. The lowest BCUT2D eigenvalue weighted by molar-refractivity contribution is 0.125. The first kappa shape index (κ1) is 27.2. The normalized spacial score (nSPS) is 23.9. The van der Waals surface area contributed by atoms with Crippen molar-refractivity contribution in [2.24, 2.45) is 5.41 Å². The molecule has 2 aromatic rings. The number of nitrogens with one attached hydrogen (secondary N) is 2. The lowest BCUT2D eigenvalue weighted by Gasteiger charge is -2.46. The van der Waals surface area contributed by atoms with Gasteiger partial charge in [0, 0.05) is 29.3 Å². The Morgan fingerprint density at radius 2 is 1.81 bits per heavy atom. The number of urea groups is 1. The van der Waals surface area contributed by atoms with Crippen LogP contribution in [0, 0.1) is 17.0 Å². The molecule has 1 saturated carbocycles. The third-order valence-electron chi connectivity index (χ3n) is 7.99. The van der Waals surface area contributed by atoms with Crippen LogP contribution in [0.2, 0.25) is 0 Å². The van der Waals surface area contributed by atoms with E-state index in [0.29, 0.717) is 5.75 Å². The molecule has 3 unspecified atom stereocenters. The molecule has 1 heterocycles. The maximum absolute atomic E-state index is 13.6. The van der Waals surface area contributed by atoms with Crippen LogP contribution >= 0.6 is 0 Å². The SMILES string of the molecule is COc1ccc(C23CCC(NC(=O)Nc4ccc(F)c(F)c4)CC2N(CCC(C)(C)C)CC3)cc1OC. The summed E-state index contributed by atoms with van der Waals surface area (Å²) < 4.78 is 37.9. The average Bonchev–Trinajstić information content (AvgIpc) is 3.23. The van der Waals surface area contributed by atoms with Crippen LogP contribution in [0.25, 0.3) is 0 Å². The highest BCUT2D eigenvalue weighted by Crippen LogP contribution is 2.50. The smallest absolute Gasteiger partial charge is 0.319 e. The minimum Gasteiger partial charge on any atom is -0.493 e.